The Morgan fingerprint density at radius 3 is 2.95 bits per heavy atom. The average molecular weight is 272 g/mol. The summed E-state index contributed by atoms with van der Waals surface area (Å²) >= 11 is 0. The standard InChI is InChI=1S/C16H20N2O2/c1-3-19-12(2)16-14-10-18(11-15(14)20-17-16)9-13-7-5-4-6-8-13/h4-8,14-15H,2-3,9-11H2,1H3/t14-,15+/m0/s1. The number of benzene rings is 1. The zero-order chi connectivity index (χ0) is 13.9. The molecule has 0 radical (unpaired) electrons. The van der Waals surface area contributed by atoms with Gasteiger partial charge in [0.15, 0.2) is 0 Å². The first-order valence-electron chi connectivity index (χ1n) is 7.10. The van der Waals surface area contributed by atoms with Crippen LogP contribution in [0.3, 0.4) is 0 Å². The highest BCUT2D eigenvalue weighted by atomic mass is 16.6. The maximum absolute atomic E-state index is 5.53. The third-order valence-corrected chi connectivity index (χ3v) is 3.83. The molecule has 4 nitrogen and oxygen atoms in total. The highest BCUT2D eigenvalue weighted by Crippen LogP contribution is 2.30. The molecule has 4 heteroatoms. The van der Waals surface area contributed by atoms with Crippen LogP contribution in [0.25, 0.3) is 0 Å². The van der Waals surface area contributed by atoms with Gasteiger partial charge in [0.2, 0.25) is 0 Å². The minimum atomic E-state index is 0.144. The van der Waals surface area contributed by atoms with Crippen molar-refractivity contribution in [3.8, 4) is 0 Å². The summed E-state index contributed by atoms with van der Waals surface area (Å²) in [6, 6.07) is 10.5. The van der Waals surface area contributed by atoms with Gasteiger partial charge in [0.25, 0.3) is 0 Å². The molecule has 1 saturated heterocycles. The Hall–Kier alpha value is -1.81. The fourth-order valence-electron chi connectivity index (χ4n) is 2.89. The Kier molecular flexibility index (Phi) is 3.74. The van der Waals surface area contributed by atoms with Gasteiger partial charge in [-0.05, 0) is 12.5 Å². The molecule has 0 amide bonds. The van der Waals surface area contributed by atoms with Gasteiger partial charge < -0.3 is 9.57 Å². The monoisotopic (exact) mass is 272 g/mol. The maximum Gasteiger partial charge on any atom is 0.150 e. The second kappa shape index (κ2) is 5.67. The molecule has 1 fully saturated rings. The van der Waals surface area contributed by atoms with Gasteiger partial charge in [-0.25, -0.2) is 0 Å². The molecule has 1 aromatic rings. The van der Waals surface area contributed by atoms with Crippen molar-refractivity contribution in [1.82, 2.24) is 4.90 Å². The second-order valence-electron chi connectivity index (χ2n) is 5.26. The van der Waals surface area contributed by atoms with Crippen molar-refractivity contribution in [1.29, 1.82) is 0 Å². The molecule has 0 unspecified atom stereocenters. The summed E-state index contributed by atoms with van der Waals surface area (Å²) in [7, 11) is 0. The highest BCUT2D eigenvalue weighted by Gasteiger charge is 2.43. The maximum atomic E-state index is 5.53. The van der Waals surface area contributed by atoms with Gasteiger partial charge in [0.05, 0.1) is 12.5 Å². The summed E-state index contributed by atoms with van der Waals surface area (Å²) in [4.78, 5) is 7.93. The van der Waals surface area contributed by atoms with Gasteiger partial charge in [-0.15, -0.1) is 0 Å². The van der Waals surface area contributed by atoms with E-state index in [4.69, 9.17) is 9.57 Å². The molecule has 1 aromatic carbocycles. The summed E-state index contributed by atoms with van der Waals surface area (Å²) in [5.41, 5.74) is 2.21. The molecule has 0 N–H and O–H groups in total. The van der Waals surface area contributed by atoms with E-state index < -0.39 is 0 Å². The van der Waals surface area contributed by atoms with Crippen molar-refractivity contribution in [2.45, 2.75) is 19.6 Å². The number of hydrogen-bond acceptors (Lipinski definition) is 4. The van der Waals surface area contributed by atoms with E-state index in [1.807, 2.05) is 13.0 Å². The minimum Gasteiger partial charge on any atom is -0.492 e. The molecule has 0 spiro atoms. The molecule has 0 saturated carbocycles. The SMILES string of the molecule is C=C(OCC)C1=NO[C@@H]2CN(Cc3ccccc3)C[C@H]12. The lowest BCUT2D eigenvalue weighted by atomic mass is 10.00. The third-order valence-electron chi connectivity index (χ3n) is 3.83. The van der Waals surface area contributed by atoms with E-state index in [0.717, 1.165) is 25.3 Å². The quantitative estimate of drug-likeness (QED) is 0.772. The molecular formula is C16H20N2O2. The molecule has 20 heavy (non-hydrogen) atoms. The molecular weight excluding hydrogens is 252 g/mol. The van der Waals surface area contributed by atoms with E-state index in [1.165, 1.54) is 5.56 Å². The van der Waals surface area contributed by atoms with E-state index in [1.54, 1.807) is 0 Å². The average Bonchev–Trinajstić information content (AvgIpc) is 2.99. The van der Waals surface area contributed by atoms with Crippen molar-refractivity contribution in [2.24, 2.45) is 11.1 Å². The Morgan fingerprint density at radius 1 is 1.40 bits per heavy atom. The summed E-state index contributed by atoms with van der Waals surface area (Å²) in [5.74, 6) is 0.944. The van der Waals surface area contributed by atoms with Crippen molar-refractivity contribution in [2.75, 3.05) is 19.7 Å². The number of nitrogens with zero attached hydrogens (tertiary/aromatic N) is 2. The number of rotatable bonds is 5. The highest BCUT2D eigenvalue weighted by molar-refractivity contribution is 6.01. The summed E-state index contributed by atoms with van der Waals surface area (Å²) in [6.45, 7) is 9.32. The third kappa shape index (κ3) is 2.56. The Labute approximate surface area is 119 Å². The topological polar surface area (TPSA) is 34.1 Å². The van der Waals surface area contributed by atoms with Gasteiger partial charge in [0.1, 0.15) is 17.6 Å². The van der Waals surface area contributed by atoms with Crippen LogP contribution in [0.4, 0.5) is 0 Å². The smallest absolute Gasteiger partial charge is 0.150 e. The molecule has 0 bridgehead atoms. The van der Waals surface area contributed by atoms with E-state index in [-0.39, 0.29) is 12.0 Å². The van der Waals surface area contributed by atoms with Crippen molar-refractivity contribution >= 4 is 5.71 Å². The lowest BCUT2D eigenvalue weighted by Crippen LogP contribution is -2.24. The van der Waals surface area contributed by atoms with E-state index >= 15 is 0 Å². The van der Waals surface area contributed by atoms with E-state index in [0.29, 0.717) is 12.4 Å². The van der Waals surface area contributed by atoms with Crippen LogP contribution in [-0.4, -0.2) is 36.4 Å². The molecule has 2 heterocycles. The van der Waals surface area contributed by atoms with E-state index in [9.17, 15) is 0 Å². The van der Waals surface area contributed by atoms with E-state index in [2.05, 4.69) is 40.9 Å². The predicted molar refractivity (Wildman–Crippen MR) is 78.3 cm³/mol. The molecule has 0 aliphatic carbocycles. The first-order valence-corrected chi connectivity index (χ1v) is 7.10. The van der Waals surface area contributed by atoms with Crippen LogP contribution in [0.1, 0.15) is 12.5 Å². The fraction of sp³-hybridized carbons (Fsp3) is 0.438. The number of fused-ring (bicyclic) bond motifs is 1. The molecule has 106 valence electrons. The van der Waals surface area contributed by atoms with Crippen LogP contribution in [0.2, 0.25) is 0 Å². The first kappa shape index (κ1) is 13.2. The summed E-state index contributed by atoms with van der Waals surface area (Å²) in [5, 5.41) is 4.15. The number of hydrogen-bond donors (Lipinski definition) is 0. The zero-order valence-electron chi connectivity index (χ0n) is 11.8. The van der Waals surface area contributed by atoms with Crippen LogP contribution in [0.5, 0.6) is 0 Å². The van der Waals surface area contributed by atoms with Crippen LogP contribution in [0.15, 0.2) is 47.8 Å². The number of ether oxygens (including phenoxy) is 1. The van der Waals surface area contributed by atoms with Gasteiger partial charge in [-0.3, -0.25) is 4.90 Å². The van der Waals surface area contributed by atoms with Crippen LogP contribution in [-0.2, 0) is 16.1 Å². The fourth-order valence-corrected chi connectivity index (χ4v) is 2.89. The Balaban J connectivity index is 1.62. The molecule has 3 rings (SSSR count). The predicted octanol–water partition coefficient (Wildman–Crippen LogP) is 2.42. The van der Waals surface area contributed by atoms with Crippen LogP contribution < -0.4 is 0 Å². The van der Waals surface area contributed by atoms with Crippen LogP contribution in [0, 0.1) is 5.92 Å². The van der Waals surface area contributed by atoms with Crippen molar-refractivity contribution < 1.29 is 9.57 Å². The first-order chi connectivity index (χ1) is 9.78. The zero-order valence-corrected chi connectivity index (χ0v) is 11.8. The number of allylic oxidation sites excluding steroid dienone is 1. The normalized spacial score (nSPS) is 24.9. The summed E-state index contributed by atoms with van der Waals surface area (Å²) in [6.07, 6.45) is 0.144. The van der Waals surface area contributed by atoms with Gasteiger partial charge >= 0.3 is 0 Å². The van der Waals surface area contributed by atoms with Gasteiger partial charge in [-0.1, -0.05) is 42.1 Å². The van der Waals surface area contributed by atoms with Crippen LogP contribution >= 0.6 is 0 Å². The lowest BCUT2D eigenvalue weighted by molar-refractivity contribution is 0.0745. The molecule has 0 aromatic heterocycles. The minimum absolute atomic E-state index is 0.144. The second-order valence-corrected chi connectivity index (χ2v) is 5.26. The molecule has 2 atom stereocenters. The van der Waals surface area contributed by atoms with Crippen molar-refractivity contribution in [3.63, 3.8) is 0 Å². The number of oxime groups is 1. The number of likely N-dealkylation sites (tertiary alicyclic amines) is 1. The van der Waals surface area contributed by atoms with Gasteiger partial charge in [-0.2, -0.15) is 0 Å². The lowest BCUT2D eigenvalue weighted by Gasteiger charge is -2.16. The van der Waals surface area contributed by atoms with Gasteiger partial charge in [0, 0.05) is 19.6 Å². The molecule has 2 aliphatic rings. The Morgan fingerprint density at radius 2 is 2.20 bits per heavy atom. The Bertz CT molecular complexity index is 512. The largest absolute Gasteiger partial charge is 0.492 e. The van der Waals surface area contributed by atoms with Crippen molar-refractivity contribution in [3.05, 3.63) is 48.2 Å². The molecule has 2 aliphatic heterocycles. The summed E-state index contributed by atoms with van der Waals surface area (Å²) < 4.78 is 5.46.